The summed E-state index contributed by atoms with van der Waals surface area (Å²) in [4.78, 5) is 7.26. The van der Waals surface area contributed by atoms with Crippen LogP contribution in [0.3, 0.4) is 0 Å². The van der Waals surface area contributed by atoms with E-state index in [2.05, 4.69) is 39.7 Å². The van der Waals surface area contributed by atoms with Gasteiger partial charge in [0.05, 0.1) is 12.8 Å². The number of aromatic nitrogens is 1. The Kier molecular flexibility index (Phi) is 6.49. The second-order valence-electron chi connectivity index (χ2n) is 6.00. The Morgan fingerprint density at radius 1 is 1.29 bits per heavy atom. The van der Waals surface area contributed by atoms with Gasteiger partial charge in [0.15, 0.2) is 0 Å². The molecule has 4 heteroatoms. The average Bonchev–Trinajstić information content (AvgIpc) is 2.51. The maximum atomic E-state index is 5.54. The fourth-order valence-corrected chi connectivity index (χ4v) is 3.82. The highest BCUT2D eigenvalue weighted by Crippen LogP contribution is 2.28. The van der Waals surface area contributed by atoms with E-state index in [-0.39, 0.29) is 0 Å². The summed E-state index contributed by atoms with van der Waals surface area (Å²) in [5, 5.41) is 1.02. The van der Waals surface area contributed by atoms with Crippen LogP contribution in [0.25, 0.3) is 0 Å². The number of ether oxygens (including phenoxy) is 1. The molecule has 0 unspecified atom stereocenters. The Labute approximate surface area is 137 Å². The van der Waals surface area contributed by atoms with Crippen LogP contribution in [0.5, 0.6) is 5.75 Å². The third-order valence-corrected chi connectivity index (χ3v) is 4.92. The lowest BCUT2D eigenvalue weighted by atomic mass is 9.94. The van der Waals surface area contributed by atoms with Crippen LogP contribution in [0.4, 0.5) is 0 Å². The molecular formula is C17H27BrN2O. The molecule has 0 spiro atoms. The molecule has 1 aliphatic carbocycles. The van der Waals surface area contributed by atoms with E-state index in [1.165, 1.54) is 37.7 Å². The molecule has 21 heavy (non-hydrogen) atoms. The molecule has 1 aromatic heterocycles. The maximum Gasteiger partial charge on any atom is 0.128 e. The van der Waals surface area contributed by atoms with Crippen molar-refractivity contribution in [2.24, 2.45) is 0 Å². The molecule has 118 valence electrons. The van der Waals surface area contributed by atoms with Crippen molar-refractivity contribution in [2.45, 2.75) is 58.5 Å². The summed E-state index contributed by atoms with van der Waals surface area (Å²) in [7, 11) is 1.75. The molecule has 1 aromatic rings. The first kappa shape index (κ1) is 16.8. The quantitative estimate of drug-likeness (QED) is 0.714. The average molecular weight is 355 g/mol. The number of aryl methyl sites for hydroxylation is 1. The molecule has 0 radical (unpaired) electrons. The van der Waals surface area contributed by atoms with Gasteiger partial charge in [0.25, 0.3) is 0 Å². The van der Waals surface area contributed by atoms with Crippen molar-refractivity contribution in [3.63, 3.8) is 0 Å². The molecule has 1 fully saturated rings. The first-order valence-corrected chi connectivity index (χ1v) is 9.08. The van der Waals surface area contributed by atoms with E-state index < -0.39 is 0 Å². The van der Waals surface area contributed by atoms with Crippen LogP contribution in [0.15, 0.2) is 6.20 Å². The van der Waals surface area contributed by atoms with Crippen LogP contribution in [-0.4, -0.2) is 34.9 Å². The fourth-order valence-electron chi connectivity index (χ4n) is 3.37. The van der Waals surface area contributed by atoms with Gasteiger partial charge in [-0.3, -0.25) is 9.88 Å². The van der Waals surface area contributed by atoms with Crippen molar-refractivity contribution in [1.29, 1.82) is 0 Å². The molecule has 0 N–H and O–H groups in total. The number of nitrogens with zero attached hydrogens (tertiary/aromatic N) is 2. The van der Waals surface area contributed by atoms with E-state index in [0.29, 0.717) is 6.04 Å². The SMILES string of the molecule is COc1c(C)cnc(CN(CCBr)C2CCCCC2)c1C. The van der Waals surface area contributed by atoms with E-state index in [0.717, 1.165) is 35.4 Å². The van der Waals surface area contributed by atoms with Crippen LogP contribution >= 0.6 is 15.9 Å². The summed E-state index contributed by atoms with van der Waals surface area (Å²) < 4.78 is 5.54. The number of hydrogen-bond acceptors (Lipinski definition) is 3. The zero-order valence-corrected chi connectivity index (χ0v) is 15.1. The minimum absolute atomic E-state index is 0.713. The van der Waals surface area contributed by atoms with Crippen LogP contribution in [0.2, 0.25) is 0 Å². The predicted octanol–water partition coefficient (Wildman–Crippen LogP) is 4.24. The lowest BCUT2D eigenvalue weighted by Crippen LogP contribution is -2.38. The number of alkyl halides is 1. The number of pyridine rings is 1. The van der Waals surface area contributed by atoms with Crippen LogP contribution in [0.1, 0.15) is 48.9 Å². The Hall–Kier alpha value is -0.610. The van der Waals surface area contributed by atoms with Gasteiger partial charge < -0.3 is 4.74 Å². The third-order valence-electron chi connectivity index (χ3n) is 4.57. The predicted molar refractivity (Wildman–Crippen MR) is 91.3 cm³/mol. The second-order valence-corrected chi connectivity index (χ2v) is 6.79. The lowest BCUT2D eigenvalue weighted by molar-refractivity contribution is 0.155. The summed E-state index contributed by atoms with van der Waals surface area (Å²) in [5.74, 6) is 0.988. The molecule has 0 atom stereocenters. The van der Waals surface area contributed by atoms with Crippen molar-refractivity contribution in [2.75, 3.05) is 19.0 Å². The highest BCUT2D eigenvalue weighted by Gasteiger charge is 2.22. The van der Waals surface area contributed by atoms with E-state index in [1.807, 2.05) is 6.20 Å². The maximum absolute atomic E-state index is 5.54. The van der Waals surface area contributed by atoms with Crippen molar-refractivity contribution in [1.82, 2.24) is 9.88 Å². The summed E-state index contributed by atoms with van der Waals surface area (Å²) >= 11 is 3.60. The lowest BCUT2D eigenvalue weighted by Gasteiger charge is -2.34. The smallest absolute Gasteiger partial charge is 0.128 e. The Morgan fingerprint density at radius 2 is 2.00 bits per heavy atom. The Balaban J connectivity index is 2.16. The minimum Gasteiger partial charge on any atom is -0.496 e. The molecule has 1 aliphatic rings. The molecule has 2 rings (SSSR count). The summed E-state index contributed by atoms with van der Waals surface area (Å²) in [6.07, 6.45) is 8.73. The molecule has 3 nitrogen and oxygen atoms in total. The topological polar surface area (TPSA) is 25.4 Å². The van der Waals surface area contributed by atoms with Crippen LogP contribution < -0.4 is 4.74 Å². The van der Waals surface area contributed by atoms with Gasteiger partial charge in [0, 0.05) is 41.8 Å². The summed E-state index contributed by atoms with van der Waals surface area (Å²) in [5.41, 5.74) is 3.46. The van der Waals surface area contributed by atoms with E-state index >= 15 is 0 Å². The minimum atomic E-state index is 0.713. The highest BCUT2D eigenvalue weighted by atomic mass is 79.9. The molecule has 0 aliphatic heterocycles. The second kappa shape index (κ2) is 8.14. The van der Waals surface area contributed by atoms with E-state index in [4.69, 9.17) is 4.74 Å². The molecule has 0 amide bonds. The van der Waals surface area contributed by atoms with Gasteiger partial charge in [-0.1, -0.05) is 35.2 Å². The van der Waals surface area contributed by atoms with Crippen molar-refractivity contribution < 1.29 is 4.74 Å². The molecule has 1 heterocycles. The molecule has 0 bridgehead atoms. The molecular weight excluding hydrogens is 328 g/mol. The number of halogens is 1. The van der Waals surface area contributed by atoms with Crippen LogP contribution in [0, 0.1) is 13.8 Å². The van der Waals surface area contributed by atoms with Crippen molar-refractivity contribution >= 4 is 15.9 Å². The van der Waals surface area contributed by atoms with Gasteiger partial charge in [0.1, 0.15) is 5.75 Å². The van der Waals surface area contributed by atoms with Crippen molar-refractivity contribution in [3.8, 4) is 5.75 Å². The highest BCUT2D eigenvalue weighted by molar-refractivity contribution is 9.09. The van der Waals surface area contributed by atoms with Gasteiger partial charge in [-0.15, -0.1) is 0 Å². The summed E-state index contributed by atoms with van der Waals surface area (Å²) in [6.45, 7) is 6.20. The zero-order valence-electron chi connectivity index (χ0n) is 13.5. The first-order chi connectivity index (χ1) is 10.2. The van der Waals surface area contributed by atoms with Gasteiger partial charge in [0.2, 0.25) is 0 Å². The third kappa shape index (κ3) is 4.19. The number of hydrogen-bond donors (Lipinski definition) is 0. The van der Waals surface area contributed by atoms with Crippen molar-refractivity contribution in [3.05, 3.63) is 23.0 Å². The number of rotatable bonds is 6. The van der Waals surface area contributed by atoms with Gasteiger partial charge in [-0.05, 0) is 26.7 Å². The Bertz CT molecular complexity index is 458. The molecule has 0 aromatic carbocycles. The normalized spacial score (nSPS) is 16.4. The van der Waals surface area contributed by atoms with Gasteiger partial charge in [-0.25, -0.2) is 0 Å². The van der Waals surface area contributed by atoms with E-state index in [1.54, 1.807) is 7.11 Å². The molecule has 0 saturated heterocycles. The summed E-state index contributed by atoms with van der Waals surface area (Å²) in [6, 6.07) is 0.713. The number of methoxy groups -OCH3 is 1. The fraction of sp³-hybridized carbons (Fsp3) is 0.706. The van der Waals surface area contributed by atoms with Gasteiger partial charge in [-0.2, -0.15) is 0 Å². The monoisotopic (exact) mass is 354 g/mol. The Morgan fingerprint density at radius 3 is 2.62 bits per heavy atom. The van der Waals surface area contributed by atoms with E-state index in [9.17, 15) is 0 Å². The largest absolute Gasteiger partial charge is 0.496 e. The van der Waals surface area contributed by atoms with Gasteiger partial charge >= 0.3 is 0 Å². The standard InChI is InChI=1S/C17H27BrN2O/c1-13-11-19-16(14(2)17(13)21-3)12-20(10-9-18)15-7-5-4-6-8-15/h11,15H,4-10,12H2,1-3H3. The zero-order chi connectivity index (χ0) is 15.2. The first-order valence-electron chi connectivity index (χ1n) is 7.96. The molecule has 1 saturated carbocycles. The van der Waals surface area contributed by atoms with Crippen LogP contribution in [-0.2, 0) is 6.54 Å².